The second-order valence-corrected chi connectivity index (χ2v) is 8.30. The van der Waals surface area contributed by atoms with E-state index in [4.69, 9.17) is 0 Å². The highest BCUT2D eigenvalue weighted by molar-refractivity contribution is 5.99. The molecular weight excluding hydrogens is 380 g/mol. The van der Waals surface area contributed by atoms with E-state index in [1.165, 1.54) is 12.8 Å². The Morgan fingerprint density at radius 2 is 1.73 bits per heavy atom. The highest BCUT2D eigenvalue weighted by Crippen LogP contribution is 2.26. The van der Waals surface area contributed by atoms with E-state index < -0.39 is 0 Å². The summed E-state index contributed by atoms with van der Waals surface area (Å²) in [5.74, 6) is 0.329. The lowest BCUT2D eigenvalue weighted by Crippen LogP contribution is -2.51. The number of carbonyl (C=O) groups excluding carboxylic acids is 3. The number of hydrogen-bond donors (Lipinski definition) is 1. The van der Waals surface area contributed by atoms with Crippen molar-refractivity contribution in [2.75, 3.05) is 52.9 Å². The lowest BCUT2D eigenvalue weighted by atomic mass is 10.1. The maximum atomic E-state index is 12.5. The van der Waals surface area contributed by atoms with Crippen molar-refractivity contribution in [1.29, 1.82) is 0 Å². The van der Waals surface area contributed by atoms with Crippen LogP contribution in [0.25, 0.3) is 0 Å². The van der Waals surface area contributed by atoms with E-state index in [1.54, 1.807) is 36.2 Å². The molecule has 0 aromatic heterocycles. The SMILES string of the molecule is CCN(C)C(=O)c1cccc(C(=O)NCCN2CCN(C(=O)C3CCCC3)CC2)c1. The monoisotopic (exact) mass is 414 g/mol. The van der Waals surface area contributed by atoms with Gasteiger partial charge >= 0.3 is 0 Å². The van der Waals surface area contributed by atoms with Crippen LogP contribution < -0.4 is 5.32 Å². The maximum Gasteiger partial charge on any atom is 0.253 e. The van der Waals surface area contributed by atoms with Crippen LogP contribution in [0.15, 0.2) is 24.3 Å². The zero-order chi connectivity index (χ0) is 21.5. The Morgan fingerprint density at radius 1 is 1.07 bits per heavy atom. The van der Waals surface area contributed by atoms with Crippen LogP contribution in [0, 0.1) is 5.92 Å². The second kappa shape index (κ2) is 10.6. The van der Waals surface area contributed by atoms with Crippen molar-refractivity contribution in [2.45, 2.75) is 32.6 Å². The van der Waals surface area contributed by atoms with Crippen molar-refractivity contribution in [3.05, 3.63) is 35.4 Å². The fourth-order valence-corrected chi connectivity index (χ4v) is 4.21. The summed E-state index contributed by atoms with van der Waals surface area (Å²) >= 11 is 0. The molecule has 7 heteroatoms. The van der Waals surface area contributed by atoms with E-state index in [9.17, 15) is 14.4 Å². The summed E-state index contributed by atoms with van der Waals surface area (Å²) in [5, 5.41) is 2.95. The molecule has 0 unspecified atom stereocenters. The van der Waals surface area contributed by atoms with Gasteiger partial charge in [0, 0.05) is 69.9 Å². The van der Waals surface area contributed by atoms with E-state index in [0.717, 1.165) is 45.6 Å². The van der Waals surface area contributed by atoms with Crippen molar-refractivity contribution in [3.63, 3.8) is 0 Å². The van der Waals surface area contributed by atoms with Gasteiger partial charge in [0.2, 0.25) is 5.91 Å². The van der Waals surface area contributed by atoms with Crippen molar-refractivity contribution in [1.82, 2.24) is 20.0 Å². The molecule has 7 nitrogen and oxygen atoms in total. The van der Waals surface area contributed by atoms with Crippen molar-refractivity contribution in [3.8, 4) is 0 Å². The Morgan fingerprint density at radius 3 is 2.40 bits per heavy atom. The van der Waals surface area contributed by atoms with Gasteiger partial charge in [-0.3, -0.25) is 19.3 Å². The minimum Gasteiger partial charge on any atom is -0.351 e. The quantitative estimate of drug-likeness (QED) is 0.739. The number of carbonyl (C=O) groups is 3. The molecule has 1 saturated carbocycles. The van der Waals surface area contributed by atoms with Crippen LogP contribution in [0.4, 0.5) is 0 Å². The largest absolute Gasteiger partial charge is 0.351 e. The molecule has 0 radical (unpaired) electrons. The Kier molecular flexibility index (Phi) is 7.85. The molecule has 0 bridgehead atoms. The van der Waals surface area contributed by atoms with E-state index in [1.807, 2.05) is 11.8 Å². The molecule has 1 aromatic rings. The summed E-state index contributed by atoms with van der Waals surface area (Å²) < 4.78 is 0. The zero-order valence-corrected chi connectivity index (χ0v) is 18.2. The van der Waals surface area contributed by atoms with Crippen LogP contribution >= 0.6 is 0 Å². The fraction of sp³-hybridized carbons (Fsp3) is 0.609. The molecule has 1 N–H and O–H groups in total. The number of piperazine rings is 1. The van der Waals surface area contributed by atoms with Crippen LogP contribution in [0.3, 0.4) is 0 Å². The van der Waals surface area contributed by atoms with Gasteiger partial charge in [0.15, 0.2) is 0 Å². The molecule has 1 aliphatic heterocycles. The topological polar surface area (TPSA) is 73.0 Å². The second-order valence-electron chi connectivity index (χ2n) is 8.30. The minimum absolute atomic E-state index is 0.0860. The standard InChI is InChI=1S/C23H34N4O3/c1-3-25(2)22(29)20-10-6-9-19(17-20)21(28)24-11-12-26-13-15-27(16-14-26)23(30)18-7-4-5-8-18/h6,9-10,17-18H,3-5,7-8,11-16H2,1-2H3,(H,24,28). The molecule has 3 rings (SSSR count). The number of rotatable bonds is 7. The number of amides is 3. The molecule has 0 spiro atoms. The number of nitrogens with zero attached hydrogens (tertiary/aromatic N) is 3. The molecule has 3 amide bonds. The third-order valence-corrected chi connectivity index (χ3v) is 6.29. The Bertz CT molecular complexity index is 753. The molecule has 164 valence electrons. The lowest BCUT2D eigenvalue weighted by molar-refractivity contribution is -0.137. The molecule has 1 aromatic carbocycles. The van der Waals surface area contributed by atoms with Gasteiger partial charge in [0.05, 0.1) is 0 Å². The van der Waals surface area contributed by atoms with Gasteiger partial charge < -0.3 is 15.1 Å². The van der Waals surface area contributed by atoms with Gasteiger partial charge in [0.25, 0.3) is 11.8 Å². The van der Waals surface area contributed by atoms with Crippen LogP contribution in [-0.2, 0) is 4.79 Å². The Balaban J connectivity index is 1.41. The smallest absolute Gasteiger partial charge is 0.253 e. The van der Waals surface area contributed by atoms with E-state index in [2.05, 4.69) is 10.2 Å². The molecule has 2 aliphatic rings. The molecule has 0 atom stereocenters. The summed E-state index contributed by atoms with van der Waals surface area (Å²) in [6.07, 6.45) is 4.46. The third kappa shape index (κ3) is 5.59. The first-order chi connectivity index (χ1) is 14.5. The molecule has 1 heterocycles. The van der Waals surface area contributed by atoms with Crippen LogP contribution in [-0.4, -0.2) is 85.3 Å². The van der Waals surface area contributed by atoms with Crippen LogP contribution in [0.2, 0.25) is 0 Å². The predicted molar refractivity (Wildman–Crippen MR) is 116 cm³/mol. The highest BCUT2D eigenvalue weighted by atomic mass is 16.2. The van der Waals surface area contributed by atoms with Gasteiger partial charge in [-0.1, -0.05) is 18.9 Å². The lowest BCUT2D eigenvalue weighted by Gasteiger charge is -2.36. The van der Waals surface area contributed by atoms with Crippen molar-refractivity contribution in [2.24, 2.45) is 5.92 Å². The average molecular weight is 415 g/mol. The normalized spacial score (nSPS) is 17.7. The van der Waals surface area contributed by atoms with Crippen molar-refractivity contribution >= 4 is 17.7 Å². The van der Waals surface area contributed by atoms with Gasteiger partial charge in [-0.05, 0) is 38.0 Å². The predicted octanol–water partition coefficient (Wildman–Crippen LogP) is 1.84. The maximum absolute atomic E-state index is 12.5. The van der Waals surface area contributed by atoms with E-state index in [-0.39, 0.29) is 17.7 Å². The summed E-state index contributed by atoms with van der Waals surface area (Å²) in [5.41, 5.74) is 1.02. The number of hydrogen-bond acceptors (Lipinski definition) is 4. The highest BCUT2D eigenvalue weighted by Gasteiger charge is 2.29. The van der Waals surface area contributed by atoms with Crippen LogP contribution in [0.1, 0.15) is 53.3 Å². The van der Waals surface area contributed by atoms with Gasteiger partial charge in [-0.15, -0.1) is 0 Å². The third-order valence-electron chi connectivity index (χ3n) is 6.29. The molecule has 30 heavy (non-hydrogen) atoms. The fourth-order valence-electron chi connectivity index (χ4n) is 4.21. The minimum atomic E-state index is -0.168. The summed E-state index contributed by atoms with van der Waals surface area (Å²) in [4.78, 5) is 43.2. The van der Waals surface area contributed by atoms with E-state index >= 15 is 0 Å². The van der Waals surface area contributed by atoms with E-state index in [0.29, 0.717) is 30.1 Å². The Hall–Kier alpha value is -2.41. The first kappa shape index (κ1) is 22.3. The summed E-state index contributed by atoms with van der Waals surface area (Å²) in [7, 11) is 1.75. The first-order valence-electron chi connectivity index (χ1n) is 11.1. The number of nitrogens with one attached hydrogen (secondary N) is 1. The molecule has 1 saturated heterocycles. The summed E-state index contributed by atoms with van der Waals surface area (Å²) in [6.45, 7) is 7.09. The van der Waals surface area contributed by atoms with Crippen LogP contribution in [0.5, 0.6) is 0 Å². The van der Waals surface area contributed by atoms with Gasteiger partial charge in [-0.25, -0.2) is 0 Å². The molecule has 2 fully saturated rings. The molecular formula is C23H34N4O3. The van der Waals surface area contributed by atoms with Crippen molar-refractivity contribution < 1.29 is 14.4 Å². The van der Waals surface area contributed by atoms with Gasteiger partial charge in [0.1, 0.15) is 0 Å². The van der Waals surface area contributed by atoms with Gasteiger partial charge in [-0.2, -0.15) is 0 Å². The molecule has 1 aliphatic carbocycles. The first-order valence-corrected chi connectivity index (χ1v) is 11.1. The zero-order valence-electron chi connectivity index (χ0n) is 18.2. The Labute approximate surface area is 179 Å². The summed E-state index contributed by atoms with van der Waals surface area (Å²) in [6, 6.07) is 6.85. The number of benzene rings is 1. The average Bonchev–Trinajstić information content (AvgIpc) is 3.33.